The van der Waals surface area contributed by atoms with Crippen LogP contribution in [-0.2, 0) is 9.53 Å². The minimum Gasteiger partial charge on any atom is -0.389 e. The fourth-order valence-corrected chi connectivity index (χ4v) is 1.65. The van der Waals surface area contributed by atoms with E-state index in [2.05, 4.69) is 10.6 Å². The highest BCUT2D eigenvalue weighted by Gasteiger charge is 2.30. The Morgan fingerprint density at radius 2 is 2.20 bits per heavy atom. The van der Waals surface area contributed by atoms with Crippen LogP contribution < -0.4 is 10.6 Å². The van der Waals surface area contributed by atoms with Crippen LogP contribution in [0.4, 0.5) is 0 Å². The number of carbonyl (C=O) groups excluding carboxylic acids is 1. The van der Waals surface area contributed by atoms with E-state index in [9.17, 15) is 9.90 Å². The SMILES string of the molecule is CC(NC1COCC1O)C(=O)NC1CC1. The van der Waals surface area contributed by atoms with E-state index in [0.29, 0.717) is 19.3 Å². The number of aliphatic hydroxyl groups excluding tert-OH is 1. The Morgan fingerprint density at radius 1 is 1.47 bits per heavy atom. The molecule has 1 saturated heterocycles. The van der Waals surface area contributed by atoms with Crippen molar-refractivity contribution in [3.63, 3.8) is 0 Å². The van der Waals surface area contributed by atoms with Gasteiger partial charge in [-0.15, -0.1) is 0 Å². The van der Waals surface area contributed by atoms with Gasteiger partial charge in [0.05, 0.1) is 31.4 Å². The fraction of sp³-hybridized carbons (Fsp3) is 0.900. The first-order valence-electron chi connectivity index (χ1n) is 5.49. The van der Waals surface area contributed by atoms with Crippen LogP contribution in [0.1, 0.15) is 19.8 Å². The van der Waals surface area contributed by atoms with E-state index in [-0.39, 0.29) is 18.0 Å². The fourth-order valence-electron chi connectivity index (χ4n) is 1.65. The molecular formula is C10H18N2O3. The predicted octanol–water partition coefficient (Wildman–Crippen LogP) is -0.997. The number of hydrogen-bond acceptors (Lipinski definition) is 4. The molecule has 1 amide bonds. The predicted molar refractivity (Wildman–Crippen MR) is 54.4 cm³/mol. The zero-order valence-electron chi connectivity index (χ0n) is 8.90. The molecule has 15 heavy (non-hydrogen) atoms. The highest BCUT2D eigenvalue weighted by molar-refractivity contribution is 5.81. The molecule has 3 unspecified atom stereocenters. The molecule has 2 aliphatic rings. The molecule has 0 aromatic carbocycles. The van der Waals surface area contributed by atoms with Crippen LogP contribution in [0.2, 0.25) is 0 Å². The van der Waals surface area contributed by atoms with Gasteiger partial charge in [0.25, 0.3) is 0 Å². The molecule has 3 atom stereocenters. The summed E-state index contributed by atoms with van der Waals surface area (Å²) in [7, 11) is 0. The molecular weight excluding hydrogens is 196 g/mol. The van der Waals surface area contributed by atoms with Crippen molar-refractivity contribution in [2.45, 2.75) is 44.0 Å². The third-order valence-electron chi connectivity index (χ3n) is 2.83. The molecule has 1 heterocycles. The Morgan fingerprint density at radius 3 is 2.73 bits per heavy atom. The summed E-state index contributed by atoms with van der Waals surface area (Å²) in [6.07, 6.45) is 1.68. The second-order valence-corrected chi connectivity index (χ2v) is 4.38. The highest BCUT2D eigenvalue weighted by atomic mass is 16.5. The molecule has 3 N–H and O–H groups in total. The number of ether oxygens (including phenoxy) is 1. The largest absolute Gasteiger partial charge is 0.389 e. The monoisotopic (exact) mass is 214 g/mol. The maximum atomic E-state index is 11.6. The zero-order chi connectivity index (χ0) is 10.8. The first-order valence-corrected chi connectivity index (χ1v) is 5.49. The summed E-state index contributed by atoms with van der Waals surface area (Å²) >= 11 is 0. The van der Waals surface area contributed by atoms with Crippen molar-refractivity contribution in [2.75, 3.05) is 13.2 Å². The lowest BCUT2D eigenvalue weighted by Crippen LogP contribution is -2.50. The summed E-state index contributed by atoms with van der Waals surface area (Å²) in [5, 5.41) is 15.5. The van der Waals surface area contributed by atoms with E-state index < -0.39 is 6.10 Å². The van der Waals surface area contributed by atoms with Crippen LogP contribution in [0.3, 0.4) is 0 Å². The summed E-state index contributed by atoms with van der Waals surface area (Å²) in [6, 6.07) is -0.0107. The molecule has 2 rings (SSSR count). The smallest absolute Gasteiger partial charge is 0.237 e. The molecule has 5 heteroatoms. The molecule has 0 aromatic heterocycles. The van der Waals surface area contributed by atoms with E-state index >= 15 is 0 Å². The van der Waals surface area contributed by atoms with Crippen molar-refractivity contribution in [1.29, 1.82) is 0 Å². The lowest BCUT2D eigenvalue weighted by molar-refractivity contribution is -0.123. The Kier molecular flexibility index (Phi) is 3.23. The van der Waals surface area contributed by atoms with Crippen molar-refractivity contribution in [3.8, 4) is 0 Å². The Balaban J connectivity index is 1.74. The summed E-state index contributed by atoms with van der Waals surface area (Å²) in [5.41, 5.74) is 0. The average molecular weight is 214 g/mol. The van der Waals surface area contributed by atoms with Gasteiger partial charge in [-0.1, -0.05) is 0 Å². The number of amides is 1. The number of carbonyl (C=O) groups is 1. The number of rotatable bonds is 4. The van der Waals surface area contributed by atoms with Crippen LogP contribution in [0.15, 0.2) is 0 Å². The lowest BCUT2D eigenvalue weighted by Gasteiger charge is -2.20. The number of nitrogens with one attached hydrogen (secondary N) is 2. The quantitative estimate of drug-likeness (QED) is 0.561. The number of hydrogen-bond donors (Lipinski definition) is 3. The van der Waals surface area contributed by atoms with Gasteiger partial charge in [0.15, 0.2) is 0 Å². The second-order valence-electron chi connectivity index (χ2n) is 4.38. The van der Waals surface area contributed by atoms with Crippen molar-refractivity contribution >= 4 is 5.91 Å². The van der Waals surface area contributed by atoms with Gasteiger partial charge in [0.2, 0.25) is 5.91 Å². The summed E-state index contributed by atoms with van der Waals surface area (Å²) < 4.78 is 5.10. The molecule has 0 radical (unpaired) electrons. The molecule has 2 fully saturated rings. The first kappa shape index (κ1) is 10.9. The van der Waals surface area contributed by atoms with Crippen molar-refractivity contribution in [1.82, 2.24) is 10.6 Å². The Hall–Kier alpha value is -0.650. The molecule has 0 bridgehead atoms. The maximum Gasteiger partial charge on any atom is 0.237 e. The molecule has 0 aromatic rings. The van der Waals surface area contributed by atoms with Gasteiger partial charge in [0, 0.05) is 6.04 Å². The van der Waals surface area contributed by atoms with E-state index in [0.717, 1.165) is 12.8 Å². The standard InChI is InChI=1S/C10H18N2O3/c1-6(10(14)12-7-2-3-7)11-8-4-15-5-9(8)13/h6-9,11,13H,2-5H2,1H3,(H,12,14). The Labute approximate surface area is 89.2 Å². The van der Waals surface area contributed by atoms with Gasteiger partial charge in [-0.3, -0.25) is 10.1 Å². The molecule has 5 nitrogen and oxygen atoms in total. The van der Waals surface area contributed by atoms with E-state index in [4.69, 9.17) is 4.74 Å². The molecule has 1 saturated carbocycles. The summed E-state index contributed by atoms with van der Waals surface area (Å²) in [6.45, 7) is 2.64. The van der Waals surface area contributed by atoms with Gasteiger partial charge in [-0.25, -0.2) is 0 Å². The molecule has 1 aliphatic carbocycles. The normalized spacial score (nSPS) is 32.7. The van der Waals surface area contributed by atoms with E-state index in [1.165, 1.54) is 0 Å². The third-order valence-corrected chi connectivity index (χ3v) is 2.83. The highest BCUT2D eigenvalue weighted by Crippen LogP contribution is 2.18. The third kappa shape index (κ3) is 2.90. The van der Waals surface area contributed by atoms with Crippen LogP contribution in [0.5, 0.6) is 0 Å². The minimum absolute atomic E-state index is 0.0107. The van der Waals surface area contributed by atoms with Crippen LogP contribution >= 0.6 is 0 Å². The lowest BCUT2D eigenvalue weighted by atomic mass is 10.2. The van der Waals surface area contributed by atoms with Crippen LogP contribution in [-0.4, -0.2) is 48.5 Å². The first-order chi connectivity index (χ1) is 7.16. The van der Waals surface area contributed by atoms with Gasteiger partial charge >= 0.3 is 0 Å². The van der Waals surface area contributed by atoms with Crippen LogP contribution in [0.25, 0.3) is 0 Å². The Bertz CT molecular complexity index is 243. The van der Waals surface area contributed by atoms with Crippen molar-refractivity contribution in [3.05, 3.63) is 0 Å². The van der Waals surface area contributed by atoms with Crippen molar-refractivity contribution < 1.29 is 14.6 Å². The average Bonchev–Trinajstić information content (AvgIpc) is 2.92. The van der Waals surface area contributed by atoms with Crippen LogP contribution in [0, 0.1) is 0 Å². The van der Waals surface area contributed by atoms with Gasteiger partial charge in [-0.05, 0) is 19.8 Å². The molecule has 1 aliphatic heterocycles. The molecule has 0 spiro atoms. The summed E-state index contributed by atoms with van der Waals surface area (Å²) in [4.78, 5) is 11.6. The topological polar surface area (TPSA) is 70.6 Å². The number of aliphatic hydroxyl groups is 1. The summed E-state index contributed by atoms with van der Waals surface area (Å²) in [5.74, 6) is 0.0107. The van der Waals surface area contributed by atoms with Gasteiger partial charge in [0.1, 0.15) is 0 Å². The molecule has 86 valence electrons. The van der Waals surface area contributed by atoms with Gasteiger partial charge < -0.3 is 15.2 Å². The van der Waals surface area contributed by atoms with E-state index in [1.54, 1.807) is 0 Å². The zero-order valence-corrected chi connectivity index (χ0v) is 8.90. The van der Waals surface area contributed by atoms with Gasteiger partial charge in [-0.2, -0.15) is 0 Å². The maximum absolute atomic E-state index is 11.6. The minimum atomic E-state index is -0.499. The van der Waals surface area contributed by atoms with Crippen molar-refractivity contribution in [2.24, 2.45) is 0 Å². The second kappa shape index (κ2) is 4.47. The van der Waals surface area contributed by atoms with E-state index in [1.807, 2.05) is 6.92 Å².